The van der Waals surface area contributed by atoms with E-state index in [-0.39, 0.29) is 0 Å². The summed E-state index contributed by atoms with van der Waals surface area (Å²) in [7, 11) is -1.62. The van der Waals surface area contributed by atoms with Crippen LogP contribution in [0.25, 0.3) is 0 Å². The van der Waals surface area contributed by atoms with E-state index < -0.39 is 26.8 Å². The summed E-state index contributed by atoms with van der Waals surface area (Å²) >= 11 is 0. The molecule has 0 saturated heterocycles. The smallest absolute Gasteiger partial charge is 0.422 e. The molecular weight excluding hydrogens is 249 g/mol. The van der Waals surface area contributed by atoms with Gasteiger partial charge in [0.2, 0.25) is 0 Å². The molecule has 0 atom stereocenters. The van der Waals surface area contributed by atoms with Crippen molar-refractivity contribution in [2.45, 2.75) is 45.1 Å². The normalized spacial score (nSPS) is 13.1. The predicted octanol–water partition coefficient (Wildman–Crippen LogP) is 3.70. The highest BCUT2D eigenvalue weighted by Gasteiger charge is 2.29. The van der Waals surface area contributed by atoms with Gasteiger partial charge in [-0.15, -0.1) is 0 Å². The maximum absolute atomic E-state index is 11.8. The van der Waals surface area contributed by atoms with Crippen molar-refractivity contribution >= 4 is 14.0 Å². The van der Waals surface area contributed by atoms with Gasteiger partial charge in [0.05, 0.1) is 8.07 Å². The first-order valence-corrected chi connectivity index (χ1v) is 8.41. The van der Waals surface area contributed by atoms with Gasteiger partial charge in [-0.05, 0) is 0 Å². The highest BCUT2D eigenvalue weighted by molar-refractivity contribution is 6.84. The topological polar surface area (TPSA) is 26.3 Å². The third-order valence-corrected chi connectivity index (χ3v) is 8.16. The number of esters is 1. The molecule has 0 amide bonds. The zero-order valence-electron chi connectivity index (χ0n) is 10.4. The lowest BCUT2D eigenvalue weighted by Gasteiger charge is -2.23. The Kier molecular flexibility index (Phi) is 6.52. The van der Waals surface area contributed by atoms with Crippen LogP contribution in [0.2, 0.25) is 18.1 Å². The molecule has 0 aliphatic heterocycles. The number of rotatable bonds is 6. The molecule has 0 aromatic rings. The lowest BCUT2D eigenvalue weighted by molar-refractivity contribution is -0.182. The minimum Gasteiger partial charge on any atom is -0.453 e. The van der Waals surface area contributed by atoms with Crippen LogP contribution in [0.3, 0.4) is 0 Å². The van der Waals surface area contributed by atoms with Gasteiger partial charge in [0.1, 0.15) is 0 Å². The van der Waals surface area contributed by atoms with Crippen LogP contribution in [0, 0.1) is 0 Å². The number of alkyl halides is 3. The van der Waals surface area contributed by atoms with Gasteiger partial charge in [0.25, 0.3) is 0 Å². The molecule has 0 aromatic heterocycles. The van der Waals surface area contributed by atoms with Crippen LogP contribution in [-0.2, 0) is 9.53 Å². The van der Waals surface area contributed by atoms with E-state index in [2.05, 4.69) is 4.74 Å². The molecule has 0 saturated carbocycles. The van der Waals surface area contributed by atoms with Gasteiger partial charge < -0.3 is 4.74 Å². The summed E-state index contributed by atoms with van der Waals surface area (Å²) in [6.45, 7) is 4.62. The average Bonchev–Trinajstić information content (AvgIpc) is 2.28. The van der Waals surface area contributed by atoms with Gasteiger partial charge in [-0.25, -0.2) is 4.79 Å². The van der Waals surface area contributed by atoms with Crippen molar-refractivity contribution in [3.8, 4) is 0 Å². The Bertz CT molecular complexity index is 262. The van der Waals surface area contributed by atoms with E-state index in [1.807, 2.05) is 20.8 Å². The molecule has 0 aliphatic carbocycles. The Morgan fingerprint density at radius 3 is 2.00 bits per heavy atom. The average molecular weight is 268 g/mol. The van der Waals surface area contributed by atoms with Crippen molar-refractivity contribution in [3.05, 3.63) is 11.8 Å². The maximum Gasteiger partial charge on any atom is 0.422 e. The zero-order chi connectivity index (χ0) is 13.5. The number of carbonyl (C=O) groups is 1. The standard InChI is InChI=1S/C11H19F3O2Si/c1-4-17(5-2,6-3)8-7-10(15)16-9-11(12,13)14/h7-8H,4-6,9H2,1-3H3/b8-7-. The van der Waals surface area contributed by atoms with Crippen molar-refractivity contribution < 1.29 is 22.7 Å². The summed E-state index contributed by atoms with van der Waals surface area (Å²) in [5, 5.41) is 0. The molecule has 0 aromatic carbocycles. The second kappa shape index (κ2) is 6.83. The predicted molar refractivity (Wildman–Crippen MR) is 63.4 cm³/mol. The summed E-state index contributed by atoms with van der Waals surface area (Å²) in [6, 6.07) is 2.93. The van der Waals surface area contributed by atoms with Gasteiger partial charge in [-0.1, -0.05) is 44.6 Å². The Hall–Kier alpha value is -0.783. The molecule has 2 nitrogen and oxygen atoms in total. The summed E-state index contributed by atoms with van der Waals surface area (Å²) in [6.07, 6.45) is -3.30. The number of ether oxygens (including phenoxy) is 1. The van der Waals surface area contributed by atoms with Crippen LogP contribution in [0.1, 0.15) is 20.8 Å². The molecule has 0 N–H and O–H groups in total. The SMILES string of the molecule is CC[Si](/C=C\C(=O)OCC(F)(F)F)(CC)CC. The van der Waals surface area contributed by atoms with Gasteiger partial charge in [0.15, 0.2) is 6.61 Å². The van der Waals surface area contributed by atoms with Crippen LogP contribution in [-0.4, -0.2) is 26.8 Å². The Balaban J connectivity index is 4.36. The molecule has 0 unspecified atom stereocenters. The largest absolute Gasteiger partial charge is 0.453 e. The van der Waals surface area contributed by atoms with Gasteiger partial charge >= 0.3 is 12.1 Å². The quantitative estimate of drug-likeness (QED) is 0.417. The first-order valence-electron chi connectivity index (χ1n) is 5.71. The lowest BCUT2D eigenvalue weighted by atomic mass is 10.6. The Morgan fingerprint density at radius 1 is 1.18 bits per heavy atom. The van der Waals surface area contributed by atoms with Gasteiger partial charge in [-0.3, -0.25) is 0 Å². The molecule has 17 heavy (non-hydrogen) atoms. The van der Waals surface area contributed by atoms with Crippen molar-refractivity contribution in [1.82, 2.24) is 0 Å². The van der Waals surface area contributed by atoms with Crippen LogP contribution in [0.15, 0.2) is 11.8 Å². The first kappa shape index (κ1) is 16.2. The summed E-state index contributed by atoms with van der Waals surface area (Å²) in [5.41, 5.74) is 1.80. The second-order valence-electron chi connectivity index (χ2n) is 3.98. The number of hydrogen-bond acceptors (Lipinski definition) is 2. The minimum absolute atomic E-state index is 0.908. The van der Waals surface area contributed by atoms with Gasteiger partial charge in [-0.2, -0.15) is 13.2 Å². The first-order chi connectivity index (χ1) is 7.78. The van der Waals surface area contributed by atoms with E-state index in [9.17, 15) is 18.0 Å². The third kappa shape index (κ3) is 6.50. The van der Waals surface area contributed by atoms with Crippen molar-refractivity contribution in [3.63, 3.8) is 0 Å². The van der Waals surface area contributed by atoms with E-state index in [0.717, 1.165) is 24.2 Å². The maximum atomic E-state index is 11.8. The fourth-order valence-electron chi connectivity index (χ4n) is 1.55. The molecule has 0 radical (unpaired) electrons. The monoisotopic (exact) mass is 268 g/mol. The molecule has 0 bridgehead atoms. The van der Waals surface area contributed by atoms with E-state index in [1.54, 1.807) is 5.70 Å². The fourth-order valence-corrected chi connectivity index (χ4v) is 4.25. The number of hydrogen-bond donors (Lipinski definition) is 0. The van der Waals surface area contributed by atoms with Crippen molar-refractivity contribution in [1.29, 1.82) is 0 Å². The molecule has 0 aliphatic rings. The molecule has 6 heteroatoms. The van der Waals surface area contributed by atoms with Crippen LogP contribution >= 0.6 is 0 Å². The van der Waals surface area contributed by atoms with E-state index in [4.69, 9.17) is 0 Å². The molecular formula is C11H19F3O2Si. The van der Waals surface area contributed by atoms with E-state index in [1.165, 1.54) is 0 Å². The van der Waals surface area contributed by atoms with Gasteiger partial charge in [0, 0.05) is 6.08 Å². The molecule has 100 valence electrons. The summed E-state index contributed by atoms with van der Waals surface area (Å²) < 4.78 is 39.5. The molecule has 0 rings (SSSR count). The molecule has 0 spiro atoms. The van der Waals surface area contributed by atoms with Crippen molar-refractivity contribution in [2.75, 3.05) is 6.61 Å². The molecule has 0 fully saturated rings. The minimum atomic E-state index is -4.46. The summed E-state index contributed by atoms with van der Waals surface area (Å²) in [5.74, 6) is -0.908. The molecule has 0 heterocycles. The van der Waals surface area contributed by atoms with Crippen LogP contribution in [0.5, 0.6) is 0 Å². The third-order valence-electron chi connectivity index (χ3n) is 3.06. The van der Waals surface area contributed by atoms with E-state index >= 15 is 0 Å². The summed E-state index contributed by atoms with van der Waals surface area (Å²) in [4.78, 5) is 11.1. The Morgan fingerprint density at radius 2 is 1.65 bits per heavy atom. The number of carbonyl (C=O) groups excluding carboxylic acids is 1. The van der Waals surface area contributed by atoms with Crippen LogP contribution in [0.4, 0.5) is 13.2 Å². The highest BCUT2D eigenvalue weighted by Crippen LogP contribution is 2.21. The van der Waals surface area contributed by atoms with Crippen molar-refractivity contribution in [2.24, 2.45) is 0 Å². The fraction of sp³-hybridized carbons (Fsp3) is 0.727. The highest BCUT2D eigenvalue weighted by atomic mass is 28.3. The Labute approximate surface area is 101 Å². The zero-order valence-corrected chi connectivity index (χ0v) is 11.4. The number of halogens is 3. The lowest BCUT2D eigenvalue weighted by Crippen LogP contribution is -2.29. The van der Waals surface area contributed by atoms with Crippen LogP contribution < -0.4 is 0 Å². The van der Waals surface area contributed by atoms with E-state index in [0.29, 0.717) is 0 Å². The second-order valence-corrected chi connectivity index (χ2v) is 9.16.